The van der Waals surface area contributed by atoms with Gasteiger partial charge in [-0.3, -0.25) is 4.79 Å². The first-order valence-electron chi connectivity index (χ1n) is 6.29. The number of ether oxygens (including phenoxy) is 1. The minimum Gasteiger partial charge on any atom is -0.464 e. The predicted molar refractivity (Wildman–Crippen MR) is 72.6 cm³/mol. The van der Waals surface area contributed by atoms with Crippen molar-refractivity contribution in [1.29, 1.82) is 0 Å². The van der Waals surface area contributed by atoms with Crippen LogP contribution in [-0.4, -0.2) is 41.8 Å². The van der Waals surface area contributed by atoms with Gasteiger partial charge in [-0.25, -0.2) is 4.79 Å². The molecule has 106 valence electrons. The van der Waals surface area contributed by atoms with Gasteiger partial charge in [0, 0.05) is 17.8 Å². The van der Waals surface area contributed by atoms with Gasteiger partial charge < -0.3 is 9.64 Å². The number of hydrogen-bond acceptors (Lipinski definition) is 3. The third-order valence-electron chi connectivity index (χ3n) is 2.53. The quantitative estimate of drug-likeness (QED) is 0.553. The van der Waals surface area contributed by atoms with Crippen molar-refractivity contribution in [2.24, 2.45) is 5.41 Å². The van der Waals surface area contributed by atoms with E-state index < -0.39 is 11.5 Å². The van der Waals surface area contributed by atoms with Crippen molar-refractivity contribution >= 4 is 23.5 Å². The molecular formula is C13H24ClNO3. The molecule has 0 saturated heterocycles. The molecule has 0 radical (unpaired) electrons. The average Bonchev–Trinajstić information content (AvgIpc) is 2.28. The molecule has 0 aromatic carbocycles. The lowest BCUT2D eigenvalue weighted by Crippen LogP contribution is -2.49. The maximum absolute atomic E-state index is 12.3. The number of nitrogens with zero attached hydrogens (tertiary/aromatic N) is 1. The molecule has 0 spiro atoms. The summed E-state index contributed by atoms with van der Waals surface area (Å²) in [5, 5.41) is 0. The molecule has 18 heavy (non-hydrogen) atoms. The fourth-order valence-electron chi connectivity index (χ4n) is 1.52. The SMILES string of the molecule is CCOC(=O)[C@H](C)N(CCCCl)C(=O)C(C)(C)C. The largest absolute Gasteiger partial charge is 0.464 e. The van der Waals surface area contributed by atoms with E-state index in [2.05, 4.69) is 0 Å². The Morgan fingerprint density at radius 1 is 1.33 bits per heavy atom. The van der Waals surface area contributed by atoms with Crippen LogP contribution in [0, 0.1) is 5.41 Å². The molecule has 4 nitrogen and oxygen atoms in total. The second-order valence-corrected chi connectivity index (χ2v) is 5.60. The molecule has 0 aliphatic rings. The minimum absolute atomic E-state index is 0.0619. The van der Waals surface area contributed by atoms with Gasteiger partial charge in [-0.2, -0.15) is 0 Å². The highest BCUT2D eigenvalue weighted by Crippen LogP contribution is 2.20. The summed E-state index contributed by atoms with van der Waals surface area (Å²) in [6, 6.07) is -0.570. The smallest absolute Gasteiger partial charge is 0.328 e. The maximum atomic E-state index is 12.3. The summed E-state index contributed by atoms with van der Waals surface area (Å²) in [6.07, 6.45) is 0.660. The van der Waals surface area contributed by atoms with Gasteiger partial charge in [0.1, 0.15) is 6.04 Å². The van der Waals surface area contributed by atoms with Crippen LogP contribution in [-0.2, 0) is 14.3 Å². The molecule has 0 aromatic heterocycles. The van der Waals surface area contributed by atoms with E-state index in [-0.39, 0.29) is 11.9 Å². The second-order valence-electron chi connectivity index (χ2n) is 5.22. The molecule has 0 rings (SSSR count). The molecule has 0 heterocycles. The van der Waals surface area contributed by atoms with Crippen LogP contribution < -0.4 is 0 Å². The summed E-state index contributed by atoms with van der Waals surface area (Å²) in [5.41, 5.74) is -0.521. The summed E-state index contributed by atoms with van der Waals surface area (Å²) < 4.78 is 4.96. The van der Waals surface area contributed by atoms with E-state index in [4.69, 9.17) is 16.3 Å². The summed E-state index contributed by atoms with van der Waals surface area (Å²) in [7, 11) is 0. The number of rotatable bonds is 6. The predicted octanol–water partition coefficient (Wildman–Crippen LogP) is 2.44. The average molecular weight is 278 g/mol. The normalized spacial score (nSPS) is 13.0. The summed E-state index contributed by atoms with van der Waals surface area (Å²) >= 11 is 5.66. The Hall–Kier alpha value is -0.770. The molecular weight excluding hydrogens is 254 g/mol. The number of amides is 1. The first-order chi connectivity index (χ1) is 8.25. The first kappa shape index (κ1) is 17.2. The van der Waals surface area contributed by atoms with E-state index in [9.17, 15) is 9.59 Å². The van der Waals surface area contributed by atoms with Crippen LogP contribution in [0.4, 0.5) is 0 Å². The lowest BCUT2D eigenvalue weighted by molar-refractivity contribution is -0.157. The zero-order chi connectivity index (χ0) is 14.3. The van der Waals surface area contributed by atoms with E-state index in [1.807, 2.05) is 20.8 Å². The van der Waals surface area contributed by atoms with E-state index >= 15 is 0 Å². The van der Waals surface area contributed by atoms with Gasteiger partial charge in [0.05, 0.1) is 6.61 Å². The summed E-state index contributed by atoms with van der Waals surface area (Å²) in [6.45, 7) is 9.73. The standard InChI is InChI=1S/C13H24ClNO3/c1-6-18-11(16)10(2)15(9-7-8-14)12(17)13(3,4)5/h10H,6-9H2,1-5H3/t10-/m0/s1. The number of carbonyl (C=O) groups excluding carboxylic acids is 2. The molecule has 5 heteroatoms. The van der Waals surface area contributed by atoms with Gasteiger partial charge >= 0.3 is 5.97 Å². The zero-order valence-electron chi connectivity index (χ0n) is 12.0. The van der Waals surface area contributed by atoms with Crippen molar-refractivity contribution in [3.63, 3.8) is 0 Å². The third kappa shape index (κ3) is 5.25. The second kappa shape index (κ2) is 7.62. The highest BCUT2D eigenvalue weighted by Gasteiger charge is 2.33. The molecule has 0 unspecified atom stereocenters. The Balaban J connectivity index is 4.87. The number of hydrogen-bond donors (Lipinski definition) is 0. The van der Waals surface area contributed by atoms with Gasteiger partial charge in [-0.15, -0.1) is 11.6 Å². The fourth-order valence-corrected chi connectivity index (χ4v) is 1.64. The van der Waals surface area contributed by atoms with E-state index in [1.165, 1.54) is 0 Å². The van der Waals surface area contributed by atoms with Crippen molar-refractivity contribution in [2.75, 3.05) is 19.0 Å². The topological polar surface area (TPSA) is 46.6 Å². The Morgan fingerprint density at radius 3 is 2.28 bits per heavy atom. The molecule has 0 N–H and O–H groups in total. The van der Waals surface area contributed by atoms with Crippen molar-refractivity contribution < 1.29 is 14.3 Å². The Labute approximate surface area is 115 Å². The molecule has 0 aliphatic carbocycles. The Bertz CT molecular complexity index is 286. The van der Waals surface area contributed by atoms with Gasteiger partial charge in [0.25, 0.3) is 0 Å². The lowest BCUT2D eigenvalue weighted by Gasteiger charge is -2.33. The molecule has 0 aromatic rings. The maximum Gasteiger partial charge on any atom is 0.328 e. The number of halogens is 1. The Morgan fingerprint density at radius 2 is 1.89 bits per heavy atom. The molecule has 1 atom stereocenters. The van der Waals surface area contributed by atoms with Crippen LogP contribution in [0.25, 0.3) is 0 Å². The van der Waals surface area contributed by atoms with E-state index in [1.54, 1.807) is 18.7 Å². The van der Waals surface area contributed by atoms with Crippen LogP contribution in [0.1, 0.15) is 41.0 Å². The van der Waals surface area contributed by atoms with Crippen LogP contribution in [0.15, 0.2) is 0 Å². The summed E-state index contributed by atoms with van der Waals surface area (Å²) in [5.74, 6) is 0.0292. The molecule has 1 amide bonds. The molecule has 0 fully saturated rings. The number of alkyl halides is 1. The highest BCUT2D eigenvalue weighted by molar-refractivity contribution is 6.17. The molecule has 0 bridgehead atoms. The lowest BCUT2D eigenvalue weighted by atomic mass is 9.94. The molecule has 0 saturated carbocycles. The highest BCUT2D eigenvalue weighted by atomic mass is 35.5. The van der Waals surface area contributed by atoms with Crippen molar-refractivity contribution in [3.05, 3.63) is 0 Å². The van der Waals surface area contributed by atoms with Crippen LogP contribution in [0.5, 0.6) is 0 Å². The summed E-state index contributed by atoms with van der Waals surface area (Å²) in [4.78, 5) is 25.6. The minimum atomic E-state index is -0.570. The molecule has 0 aliphatic heterocycles. The first-order valence-corrected chi connectivity index (χ1v) is 6.82. The van der Waals surface area contributed by atoms with Crippen molar-refractivity contribution in [3.8, 4) is 0 Å². The van der Waals surface area contributed by atoms with Crippen molar-refractivity contribution in [1.82, 2.24) is 4.90 Å². The number of carbonyl (C=O) groups is 2. The van der Waals surface area contributed by atoms with E-state index in [0.29, 0.717) is 25.5 Å². The van der Waals surface area contributed by atoms with Crippen LogP contribution in [0.2, 0.25) is 0 Å². The Kier molecular flexibility index (Phi) is 7.29. The van der Waals surface area contributed by atoms with Crippen molar-refractivity contribution in [2.45, 2.75) is 47.1 Å². The third-order valence-corrected chi connectivity index (χ3v) is 2.80. The van der Waals surface area contributed by atoms with Gasteiger partial charge in [-0.05, 0) is 20.3 Å². The fraction of sp³-hybridized carbons (Fsp3) is 0.846. The van der Waals surface area contributed by atoms with Gasteiger partial charge in [-0.1, -0.05) is 20.8 Å². The monoisotopic (exact) mass is 277 g/mol. The van der Waals surface area contributed by atoms with Gasteiger partial charge in [0.2, 0.25) is 5.91 Å². The number of esters is 1. The van der Waals surface area contributed by atoms with Crippen LogP contribution in [0.3, 0.4) is 0 Å². The zero-order valence-corrected chi connectivity index (χ0v) is 12.7. The van der Waals surface area contributed by atoms with Crippen LogP contribution >= 0.6 is 11.6 Å². The van der Waals surface area contributed by atoms with Gasteiger partial charge in [0.15, 0.2) is 0 Å². The van der Waals surface area contributed by atoms with E-state index in [0.717, 1.165) is 0 Å².